The van der Waals surface area contributed by atoms with Crippen molar-refractivity contribution in [3.63, 3.8) is 0 Å². The van der Waals surface area contributed by atoms with E-state index >= 15 is 0 Å². The molecule has 1 aliphatic heterocycles. The summed E-state index contributed by atoms with van der Waals surface area (Å²) < 4.78 is 11.4. The molecule has 0 amide bonds. The smallest absolute Gasteiger partial charge is 0.0897 e. The van der Waals surface area contributed by atoms with Gasteiger partial charge in [-0.1, -0.05) is 19.8 Å². The van der Waals surface area contributed by atoms with E-state index < -0.39 is 0 Å². The third-order valence-corrected chi connectivity index (χ3v) is 4.36. The van der Waals surface area contributed by atoms with Gasteiger partial charge < -0.3 is 19.9 Å². The molecule has 0 bridgehead atoms. The number of hydrogen-bond acceptors (Lipinski definition) is 4. The minimum absolute atomic E-state index is 0.386. The molecule has 0 aromatic rings. The normalized spacial score (nSPS) is 30.0. The second-order valence-electron chi connectivity index (χ2n) is 5.92. The summed E-state index contributed by atoms with van der Waals surface area (Å²) >= 11 is 0. The SMILES string of the molecule is CCC1OCCC1CNCC(O)COC1CCCC1. The molecule has 0 aromatic carbocycles. The molecule has 112 valence electrons. The number of rotatable bonds is 8. The van der Waals surface area contributed by atoms with Gasteiger partial charge in [0, 0.05) is 19.7 Å². The summed E-state index contributed by atoms with van der Waals surface area (Å²) in [5.41, 5.74) is 0. The molecule has 0 spiro atoms. The molecule has 1 aliphatic carbocycles. The lowest BCUT2D eigenvalue weighted by Gasteiger charge is -2.19. The third kappa shape index (κ3) is 5.03. The van der Waals surface area contributed by atoms with E-state index in [-0.39, 0.29) is 6.10 Å². The van der Waals surface area contributed by atoms with E-state index in [0.717, 1.165) is 38.8 Å². The lowest BCUT2D eigenvalue weighted by Crippen LogP contribution is -2.36. The highest BCUT2D eigenvalue weighted by Crippen LogP contribution is 2.22. The van der Waals surface area contributed by atoms with Gasteiger partial charge in [-0.2, -0.15) is 0 Å². The quantitative estimate of drug-likeness (QED) is 0.705. The molecule has 1 heterocycles. The van der Waals surface area contributed by atoms with E-state index in [1.807, 2.05) is 0 Å². The Hall–Kier alpha value is -0.160. The fraction of sp³-hybridized carbons (Fsp3) is 1.00. The van der Waals surface area contributed by atoms with Crippen molar-refractivity contribution in [3.8, 4) is 0 Å². The van der Waals surface area contributed by atoms with Crippen molar-refractivity contribution in [2.45, 2.75) is 63.8 Å². The Labute approximate surface area is 116 Å². The van der Waals surface area contributed by atoms with Gasteiger partial charge in [0.05, 0.1) is 24.9 Å². The minimum atomic E-state index is -0.386. The molecular formula is C15H29NO3. The summed E-state index contributed by atoms with van der Waals surface area (Å²) in [5.74, 6) is 0.605. The summed E-state index contributed by atoms with van der Waals surface area (Å²) in [6.07, 6.45) is 7.51. The highest BCUT2D eigenvalue weighted by Gasteiger charge is 2.26. The van der Waals surface area contributed by atoms with Gasteiger partial charge in [0.15, 0.2) is 0 Å². The average molecular weight is 271 g/mol. The van der Waals surface area contributed by atoms with Gasteiger partial charge in [-0.25, -0.2) is 0 Å². The van der Waals surface area contributed by atoms with Crippen LogP contribution in [0.2, 0.25) is 0 Å². The van der Waals surface area contributed by atoms with Gasteiger partial charge >= 0.3 is 0 Å². The molecule has 19 heavy (non-hydrogen) atoms. The zero-order valence-corrected chi connectivity index (χ0v) is 12.1. The Kier molecular flexibility index (Phi) is 6.57. The first-order valence-corrected chi connectivity index (χ1v) is 7.91. The van der Waals surface area contributed by atoms with E-state index in [4.69, 9.17) is 9.47 Å². The van der Waals surface area contributed by atoms with Crippen LogP contribution in [0.1, 0.15) is 45.4 Å². The maximum atomic E-state index is 9.89. The largest absolute Gasteiger partial charge is 0.389 e. The van der Waals surface area contributed by atoms with Crippen molar-refractivity contribution in [2.75, 3.05) is 26.3 Å². The van der Waals surface area contributed by atoms with E-state index in [2.05, 4.69) is 12.2 Å². The maximum Gasteiger partial charge on any atom is 0.0897 e. The van der Waals surface area contributed by atoms with Crippen molar-refractivity contribution in [3.05, 3.63) is 0 Å². The van der Waals surface area contributed by atoms with E-state index in [0.29, 0.717) is 31.3 Å². The first-order chi connectivity index (χ1) is 9.29. The maximum absolute atomic E-state index is 9.89. The minimum Gasteiger partial charge on any atom is -0.389 e. The van der Waals surface area contributed by atoms with Crippen LogP contribution < -0.4 is 5.32 Å². The van der Waals surface area contributed by atoms with Crippen LogP contribution in [0.25, 0.3) is 0 Å². The second kappa shape index (κ2) is 8.20. The summed E-state index contributed by atoms with van der Waals surface area (Å²) in [5, 5.41) is 13.2. The molecule has 4 heteroatoms. The molecular weight excluding hydrogens is 242 g/mol. The van der Waals surface area contributed by atoms with Crippen LogP contribution in [-0.4, -0.2) is 49.7 Å². The summed E-state index contributed by atoms with van der Waals surface area (Å²) in [4.78, 5) is 0. The van der Waals surface area contributed by atoms with Gasteiger partial charge in [-0.05, 0) is 31.6 Å². The van der Waals surface area contributed by atoms with Crippen LogP contribution in [0, 0.1) is 5.92 Å². The highest BCUT2D eigenvalue weighted by atomic mass is 16.5. The van der Waals surface area contributed by atoms with Gasteiger partial charge in [-0.15, -0.1) is 0 Å². The van der Waals surface area contributed by atoms with Crippen molar-refractivity contribution in [1.82, 2.24) is 5.32 Å². The molecule has 2 N–H and O–H groups in total. The molecule has 0 radical (unpaired) electrons. The molecule has 2 rings (SSSR count). The first-order valence-electron chi connectivity index (χ1n) is 7.91. The van der Waals surface area contributed by atoms with Crippen LogP contribution in [0.15, 0.2) is 0 Å². The lowest BCUT2D eigenvalue weighted by atomic mass is 10.00. The lowest BCUT2D eigenvalue weighted by molar-refractivity contribution is -0.00595. The zero-order valence-electron chi connectivity index (χ0n) is 12.1. The fourth-order valence-electron chi connectivity index (χ4n) is 3.17. The van der Waals surface area contributed by atoms with E-state index in [9.17, 15) is 5.11 Å². The van der Waals surface area contributed by atoms with Crippen molar-refractivity contribution >= 4 is 0 Å². The zero-order chi connectivity index (χ0) is 13.5. The van der Waals surface area contributed by atoms with Crippen molar-refractivity contribution < 1.29 is 14.6 Å². The van der Waals surface area contributed by atoms with Crippen molar-refractivity contribution in [2.24, 2.45) is 5.92 Å². The van der Waals surface area contributed by atoms with Crippen LogP contribution in [0.3, 0.4) is 0 Å². The van der Waals surface area contributed by atoms with Gasteiger partial charge in [0.2, 0.25) is 0 Å². The second-order valence-corrected chi connectivity index (χ2v) is 5.92. The van der Waals surface area contributed by atoms with Crippen LogP contribution in [-0.2, 0) is 9.47 Å². The van der Waals surface area contributed by atoms with Crippen molar-refractivity contribution in [1.29, 1.82) is 0 Å². The molecule has 3 unspecified atom stereocenters. The van der Waals surface area contributed by atoms with E-state index in [1.165, 1.54) is 12.8 Å². The number of hydrogen-bond donors (Lipinski definition) is 2. The van der Waals surface area contributed by atoms with Gasteiger partial charge in [0.25, 0.3) is 0 Å². The number of ether oxygens (including phenoxy) is 2. The van der Waals surface area contributed by atoms with Gasteiger partial charge in [0.1, 0.15) is 0 Å². The summed E-state index contributed by atoms with van der Waals surface area (Å²) in [6.45, 7) is 5.10. The van der Waals surface area contributed by atoms with Crippen LogP contribution >= 0.6 is 0 Å². The van der Waals surface area contributed by atoms with E-state index in [1.54, 1.807) is 0 Å². The number of aliphatic hydroxyl groups excluding tert-OH is 1. The Morgan fingerprint density at radius 2 is 2.11 bits per heavy atom. The highest BCUT2D eigenvalue weighted by molar-refractivity contribution is 4.77. The topological polar surface area (TPSA) is 50.7 Å². The fourth-order valence-corrected chi connectivity index (χ4v) is 3.17. The molecule has 2 aliphatic rings. The monoisotopic (exact) mass is 271 g/mol. The Morgan fingerprint density at radius 3 is 2.84 bits per heavy atom. The standard InChI is InChI=1S/C15H29NO3/c1-2-15-12(7-8-18-15)9-16-10-13(17)11-19-14-5-3-4-6-14/h12-17H,2-11H2,1H3. The number of aliphatic hydroxyl groups is 1. The molecule has 1 saturated heterocycles. The predicted octanol–water partition coefficient (Wildman–Crippen LogP) is 1.71. The van der Waals surface area contributed by atoms with Crippen LogP contribution in [0.5, 0.6) is 0 Å². The molecule has 0 aromatic heterocycles. The van der Waals surface area contributed by atoms with Crippen LogP contribution in [0.4, 0.5) is 0 Å². The number of nitrogens with one attached hydrogen (secondary N) is 1. The third-order valence-electron chi connectivity index (χ3n) is 4.36. The summed E-state index contributed by atoms with van der Waals surface area (Å²) in [7, 11) is 0. The summed E-state index contributed by atoms with van der Waals surface area (Å²) in [6, 6.07) is 0. The average Bonchev–Trinajstić information content (AvgIpc) is 3.07. The molecule has 3 atom stereocenters. The Bertz CT molecular complexity index is 244. The predicted molar refractivity (Wildman–Crippen MR) is 75.2 cm³/mol. The van der Waals surface area contributed by atoms with Gasteiger partial charge in [-0.3, -0.25) is 0 Å². The Morgan fingerprint density at radius 1 is 1.32 bits per heavy atom. The molecule has 2 fully saturated rings. The molecule has 4 nitrogen and oxygen atoms in total. The molecule has 1 saturated carbocycles. The Balaban J connectivity index is 1.52. The first kappa shape index (κ1) is 15.2.